The van der Waals surface area contributed by atoms with Crippen molar-refractivity contribution in [3.63, 3.8) is 0 Å². The second-order valence-corrected chi connectivity index (χ2v) is 11.6. The van der Waals surface area contributed by atoms with Crippen molar-refractivity contribution in [2.45, 2.75) is 50.0 Å². The molecule has 1 aliphatic rings. The Labute approximate surface area is 193 Å². The lowest BCUT2D eigenvalue weighted by Crippen LogP contribution is -2.38. The smallest absolute Gasteiger partial charge is 0.233 e. The highest BCUT2D eigenvalue weighted by molar-refractivity contribution is 7.90. The van der Waals surface area contributed by atoms with Gasteiger partial charge >= 0.3 is 0 Å². The molecule has 6 nitrogen and oxygen atoms in total. The normalized spacial score (nSPS) is 16.7. The Balaban J connectivity index is 1.64. The van der Waals surface area contributed by atoms with E-state index in [2.05, 4.69) is 19.9 Å². The maximum Gasteiger partial charge on any atom is 0.233 e. The van der Waals surface area contributed by atoms with Gasteiger partial charge < -0.3 is 4.74 Å². The van der Waals surface area contributed by atoms with Crippen molar-refractivity contribution in [3.05, 3.63) is 53.6 Å². The molecule has 0 saturated carbocycles. The van der Waals surface area contributed by atoms with Gasteiger partial charge in [-0.05, 0) is 48.1 Å². The molecule has 8 heteroatoms. The number of hydrogen-bond acceptors (Lipinski definition) is 6. The van der Waals surface area contributed by atoms with E-state index in [-0.39, 0.29) is 23.3 Å². The summed E-state index contributed by atoms with van der Waals surface area (Å²) in [6.07, 6.45) is 3.27. The molecule has 1 atom stereocenters. The second-order valence-electron chi connectivity index (χ2n) is 8.58. The van der Waals surface area contributed by atoms with Gasteiger partial charge in [0, 0.05) is 12.9 Å². The Morgan fingerprint density at radius 1 is 1.22 bits per heavy atom. The minimum atomic E-state index is -3.27. The van der Waals surface area contributed by atoms with Gasteiger partial charge in [0.25, 0.3) is 0 Å². The lowest BCUT2D eigenvalue weighted by Gasteiger charge is -2.23. The van der Waals surface area contributed by atoms with E-state index in [9.17, 15) is 13.2 Å². The lowest BCUT2D eigenvalue weighted by molar-refractivity contribution is -0.118. The molecule has 0 radical (unpaired) electrons. The fraction of sp³-hybridized carbons (Fsp3) is 0.417. The van der Waals surface area contributed by atoms with Gasteiger partial charge in [-0.3, -0.25) is 9.69 Å². The summed E-state index contributed by atoms with van der Waals surface area (Å²) in [6.45, 7) is 5.47. The Morgan fingerprint density at radius 2 is 1.97 bits per heavy atom. The number of aromatic nitrogens is 1. The van der Waals surface area contributed by atoms with Crippen molar-refractivity contribution in [2.24, 2.45) is 0 Å². The molecule has 1 saturated heterocycles. The highest BCUT2D eigenvalue weighted by Crippen LogP contribution is 2.34. The van der Waals surface area contributed by atoms with Crippen LogP contribution >= 0.6 is 11.3 Å². The van der Waals surface area contributed by atoms with Crippen LogP contribution in [0.1, 0.15) is 43.7 Å². The van der Waals surface area contributed by atoms with E-state index in [1.807, 2.05) is 12.1 Å². The maximum atomic E-state index is 13.4. The lowest BCUT2D eigenvalue weighted by atomic mass is 10.0. The Bertz CT molecular complexity index is 1210. The number of carbonyl (C=O) groups is 1. The van der Waals surface area contributed by atoms with Crippen LogP contribution in [0.4, 0.5) is 5.13 Å². The number of ether oxygens (including phenoxy) is 1. The molecular formula is C24H28N2O4S2. The second kappa shape index (κ2) is 9.29. The average molecular weight is 473 g/mol. The number of amides is 1. The van der Waals surface area contributed by atoms with Crippen LogP contribution in [0.15, 0.2) is 47.4 Å². The zero-order chi connectivity index (χ0) is 22.9. The number of carbonyl (C=O) groups excluding carboxylic acids is 1. The zero-order valence-electron chi connectivity index (χ0n) is 18.6. The van der Waals surface area contributed by atoms with E-state index >= 15 is 0 Å². The molecular weight excluding hydrogens is 444 g/mol. The fourth-order valence-corrected chi connectivity index (χ4v) is 5.60. The summed E-state index contributed by atoms with van der Waals surface area (Å²) in [4.78, 5) is 20.3. The summed E-state index contributed by atoms with van der Waals surface area (Å²) in [5.74, 6) is 0.266. The van der Waals surface area contributed by atoms with E-state index in [0.717, 1.165) is 35.2 Å². The van der Waals surface area contributed by atoms with Gasteiger partial charge in [-0.25, -0.2) is 13.4 Å². The summed E-state index contributed by atoms with van der Waals surface area (Å²) in [5, 5.41) is 0.682. The standard InChI is InChI=1S/C24H28N2O4S2/c1-16(2)20-7-4-8-21-23(20)25-24(31-21)26(15-18-6-5-13-30-18)22(27)14-17-9-11-19(12-10-17)32(3,28)29/h4,7-12,16,18H,5-6,13-15H2,1-3H3. The fourth-order valence-electron chi connectivity index (χ4n) is 3.94. The van der Waals surface area contributed by atoms with Crippen LogP contribution in [0.2, 0.25) is 0 Å². The van der Waals surface area contributed by atoms with E-state index in [4.69, 9.17) is 9.72 Å². The third-order valence-corrected chi connectivity index (χ3v) is 7.88. The highest BCUT2D eigenvalue weighted by atomic mass is 32.2. The summed E-state index contributed by atoms with van der Waals surface area (Å²) >= 11 is 1.52. The van der Waals surface area contributed by atoms with Crippen LogP contribution in [0.5, 0.6) is 0 Å². The molecule has 1 aliphatic heterocycles. The number of sulfone groups is 1. The van der Waals surface area contributed by atoms with Crippen molar-refractivity contribution in [2.75, 3.05) is 24.3 Å². The van der Waals surface area contributed by atoms with Crippen molar-refractivity contribution < 1.29 is 17.9 Å². The molecule has 4 rings (SSSR count). The molecule has 0 aliphatic carbocycles. The van der Waals surface area contributed by atoms with E-state index in [1.165, 1.54) is 23.2 Å². The molecule has 0 spiro atoms. The van der Waals surface area contributed by atoms with E-state index < -0.39 is 9.84 Å². The number of benzene rings is 2. The molecule has 0 bridgehead atoms. The number of fused-ring (bicyclic) bond motifs is 1. The highest BCUT2D eigenvalue weighted by Gasteiger charge is 2.27. The first-order valence-electron chi connectivity index (χ1n) is 10.8. The molecule has 2 heterocycles. The van der Waals surface area contributed by atoms with Crippen molar-refractivity contribution >= 4 is 42.4 Å². The molecule has 2 aromatic carbocycles. The minimum absolute atomic E-state index is 0.00291. The van der Waals surface area contributed by atoms with Gasteiger partial charge in [0.05, 0.1) is 34.2 Å². The molecule has 1 unspecified atom stereocenters. The summed E-state index contributed by atoms with van der Waals surface area (Å²) in [6, 6.07) is 12.7. The van der Waals surface area contributed by atoms with Crippen LogP contribution in [-0.2, 0) is 25.8 Å². The zero-order valence-corrected chi connectivity index (χ0v) is 20.2. The number of thiazole rings is 1. The van der Waals surface area contributed by atoms with E-state index in [0.29, 0.717) is 17.6 Å². The van der Waals surface area contributed by atoms with Crippen LogP contribution in [0.25, 0.3) is 10.2 Å². The molecule has 170 valence electrons. The third kappa shape index (κ3) is 5.03. The van der Waals surface area contributed by atoms with Gasteiger partial charge in [-0.15, -0.1) is 0 Å². The SMILES string of the molecule is CC(C)c1cccc2sc(N(CC3CCCO3)C(=O)Cc3ccc(S(C)(=O)=O)cc3)nc12. The molecule has 0 N–H and O–H groups in total. The Hall–Kier alpha value is -2.29. The van der Waals surface area contributed by atoms with Crippen LogP contribution in [0.3, 0.4) is 0 Å². The van der Waals surface area contributed by atoms with Gasteiger partial charge in [0.15, 0.2) is 15.0 Å². The average Bonchev–Trinajstić information content (AvgIpc) is 3.40. The van der Waals surface area contributed by atoms with Crippen LogP contribution < -0.4 is 4.90 Å². The van der Waals surface area contributed by atoms with Crippen LogP contribution in [-0.4, -0.2) is 44.8 Å². The number of para-hydroxylation sites is 1. The Morgan fingerprint density at radius 3 is 2.59 bits per heavy atom. The van der Waals surface area contributed by atoms with Crippen molar-refractivity contribution in [3.8, 4) is 0 Å². The predicted molar refractivity (Wildman–Crippen MR) is 128 cm³/mol. The summed E-state index contributed by atoms with van der Waals surface area (Å²) in [5.41, 5.74) is 2.89. The topological polar surface area (TPSA) is 76.6 Å². The van der Waals surface area contributed by atoms with Crippen molar-refractivity contribution in [1.29, 1.82) is 0 Å². The number of rotatable bonds is 7. The first kappa shape index (κ1) is 22.9. The van der Waals surface area contributed by atoms with Crippen LogP contribution in [0, 0.1) is 0 Å². The van der Waals surface area contributed by atoms with Gasteiger partial charge in [0.1, 0.15) is 0 Å². The molecule has 32 heavy (non-hydrogen) atoms. The number of hydrogen-bond donors (Lipinski definition) is 0. The Kier molecular flexibility index (Phi) is 6.65. The van der Waals surface area contributed by atoms with Crippen molar-refractivity contribution in [1.82, 2.24) is 4.98 Å². The first-order chi connectivity index (χ1) is 15.2. The molecule has 1 amide bonds. The largest absolute Gasteiger partial charge is 0.376 e. The van der Waals surface area contributed by atoms with Gasteiger partial charge in [-0.2, -0.15) is 0 Å². The minimum Gasteiger partial charge on any atom is -0.376 e. The molecule has 1 aromatic heterocycles. The summed E-state index contributed by atoms with van der Waals surface area (Å²) in [7, 11) is -3.27. The maximum absolute atomic E-state index is 13.4. The van der Waals surface area contributed by atoms with Gasteiger partial charge in [-0.1, -0.05) is 49.4 Å². The first-order valence-corrected chi connectivity index (χ1v) is 13.5. The molecule has 1 fully saturated rings. The summed E-state index contributed by atoms with van der Waals surface area (Å²) < 4.78 is 30.3. The predicted octanol–water partition coefficient (Wildman–Crippen LogP) is 4.58. The number of anilines is 1. The quantitative estimate of drug-likeness (QED) is 0.503. The monoisotopic (exact) mass is 472 g/mol. The third-order valence-electron chi connectivity index (χ3n) is 5.71. The van der Waals surface area contributed by atoms with E-state index in [1.54, 1.807) is 29.2 Å². The number of nitrogens with zero attached hydrogens (tertiary/aromatic N) is 2. The van der Waals surface area contributed by atoms with Gasteiger partial charge in [0.2, 0.25) is 5.91 Å². The molecule has 3 aromatic rings.